The molecule has 1 heterocycles. The maximum absolute atomic E-state index is 12.9. The lowest BCUT2D eigenvalue weighted by Crippen LogP contribution is -2.25. The Morgan fingerprint density at radius 1 is 1.10 bits per heavy atom. The van der Waals surface area contributed by atoms with Crippen LogP contribution >= 0.6 is 11.8 Å². The highest BCUT2D eigenvalue weighted by Crippen LogP contribution is 2.24. The molecule has 0 bridgehead atoms. The second-order valence-electron chi connectivity index (χ2n) is 6.94. The van der Waals surface area contributed by atoms with Crippen molar-refractivity contribution in [2.24, 2.45) is 0 Å². The summed E-state index contributed by atoms with van der Waals surface area (Å²) in [4.78, 5) is 30.2. The summed E-state index contributed by atoms with van der Waals surface area (Å²) in [5.41, 5.74) is 3.56. The van der Waals surface area contributed by atoms with E-state index in [1.165, 1.54) is 11.8 Å². The van der Waals surface area contributed by atoms with Gasteiger partial charge >= 0.3 is 0 Å². The Morgan fingerprint density at radius 3 is 2.47 bits per heavy atom. The smallest absolute Gasteiger partial charge is 0.262 e. The summed E-state index contributed by atoms with van der Waals surface area (Å²) in [7, 11) is 0. The van der Waals surface area contributed by atoms with Crippen molar-refractivity contribution in [2.45, 2.75) is 44.8 Å². The van der Waals surface area contributed by atoms with Crippen LogP contribution in [0.15, 0.2) is 52.4 Å². The van der Waals surface area contributed by atoms with E-state index in [0.29, 0.717) is 29.0 Å². The molecule has 0 fully saturated rings. The fraction of sp³-hybridized carbons (Fsp3) is 0.348. The Labute approximate surface area is 180 Å². The molecular formula is C23H27N3O3S. The van der Waals surface area contributed by atoms with Gasteiger partial charge in [0.1, 0.15) is 0 Å². The maximum Gasteiger partial charge on any atom is 0.262 e. The zero-order valence-electron chi connectivity index (χ0n) is 17.4. The standard InChI is InChI=1S/C23H27N3O3S/c1-3-16-9-7-10-17(4-2)21(16)25-20(28)15-30-23-24-19-12-6-5-11-18(19)22(29)26(23)13-8-14-27/h5-7,9-12,27H,3-4,8,13-15H2,1-2H3,(H,25,28). The fourth-order valence-electron chi connectivity index (χ4n) is 3.39. The zero-order chi connectivity index (χ0) is 21.5. The highest BCUT2D eigenvalue weighted by molar-refractivity contribution is 7.99. The lowest BCUT2D eigenvalue weighted by atomic mass is 10.0. The lowest BCUT2D eigenvalue weighted by molar-refractivity contribution is -0.113. The number of aryl methyl sites for hydroxylation is 2. The van der Waals surface area contributed by atoms with Gasteiger partial charge in [0.05, 0.1) is 16.7 Å². The quantitative estimate of drug-likeness (QED) is 0.404. The second-order valence-corrected chi connectivity index (χ2v) is 7.88. The van der Waals surface area contributed by atoms with Gasteiger partial charge in [-0.25, -0.2) is 4.98 Å². The number of nitrogens with zero attached hydrogens (tertiary/aromatic N) is 2. The van der Waals surface area contributed by atoms with Gasteiger partial charge in [0.25, 0.3) is 5.56 Å². The van der Waals surface area contributed by atoms with Crippen LogP contribution in [0.5, 0.6) is 0 Å². The third-order valence-electron chi connectivity index (χ3n) is 4.96. The lowest BCUT2D eigenvalue weighted by Gasteiger charge is -2.15. The number of hydrogen-bond donors (Lipinski definition) is 2. The molecule has 6 nitrogen and oxygen atoms in total. The Balaban J connectivity index is 1.83. The van der Waals surface area contributed by atoms with Crippen molar-refractivity contribution in [3.8, 4) is 0 Å². The van der Waals surface area contributed by atoms with Crippen molar-refractivity contribution < 1.29 is 9.90 Å². The summed E-state index contributed by atoms with van der Waals surface area (Å²) in [6.45, 7) is 4.48. The summed E-state index contributed by atoms with van der Waals surface area (Å²) in [5, 5.41) is 13.3. The molecule has 0 unspecified atom stereocenters. The first-order valence-electron chi connectivity index (χ1n) is 10.2. The molecule has 0 aliphatic carbocycles. The maximum atomic E-state index is 12.9. The Hall–Kier alpha value is -2.64. The van der Waals surface area contributed by atoms with Crippen LogP contribution in [-0.2, 0) is 24.2 Å². The molecule has 0 aliphatic heterocycles. The zero-order valence-corrected chi connectivity index (χ0v) is 18.2. The van der Waals surface area contributed by atoms with Crippen molar-refractivity contribution in [3.05, 3.63) is 63.9 Å². The molecule has 1 amide bonds. The molecule has 7 heteroatoms. The van der Waals surface area contributed by atoms with E-state index in [9.17, 15) is 14.7 Å². The minimum absolute atomic E-state index is 0.0164. The predicted molar refractivity (Wildman–Crippen MR) is 122 cm³/mol. The van der Waals surface area contributed by atoms with E-state index in [-0.39, 0.29) is 23.8 Å². The largest absolute Gasteiger partial charge is 0.396 e. The number of thioether (sulfide) groups is 1. The van der Waals surface area contributed by atoms with E-state index in [2.05, 4.69) is 24.1 Å². The van der Waals surface area contributed by atoms with Crippen LogP contribution in [0.4, 0.5) is 5.69 Å². The van der Waals surface area contributed by atoms with Gasteiger partial charge in [-0.15, -0.1) is 0 Å². The minimum atomic E-state index is -0.151. The molecule has 30 heavy (non-hydrogen) atoms. The molecule has 3 rings (SSSR count). The molecule has 2 aromatic carbocycles. The van der Waals surface area contributed by atoms with Gasteiger partial charge in [0.15, 0.2) is 5.16 Å². The van der Waals surface area contributed by atoms with Crippen molar-refractivity contribution in [1.82, 2.24) is 9.55 Å². The fourth-order valence-corrected chi connectivity index (χ4v) is 4.22. The summed E-state index contributed by atoms with van der Waals surface area (Å²) in [6.07, 6.45) is 2.12. The molecule has 0 atom stereocenters. The molecule has 0 aliphatic rings. The van der Waals surface area contributed by atoms with E-state index in [1.54, 1.807) is 22.8 Å². The number of benzene rings is 2. The van der Waals surface area contributed by atoms with Gasteiger partial charge in [-0.3, -0.25) is 14.2 Å². The second kappa shape index (κ2) is 10.4. The SMILES string of the molecule is CCc1cccc(CC)c1NC(=O)CSc1nc2ccccc2c(=O)n1CCCO. The first kappa shape index (κ1) is 22.1. The number of aliphatic hydroxyl groups is 1. The molecule has 2 N–H and O–H groups in total. The van der Waals surface area contributed by atoms with Gasteiger partial charge in [-0.1, -0.05) is 55.9 Å². The average Bonchev–Trinajstić information content (AvgIpc) is 2.77. The van der Waals surface area contributed by atoms with Gasteiger partial charge in [-0.05, 0) is 42.5 Å². The number of carbonyl (C=O) groups is 1. The number of amides is 1. The van der Waals surface area contributed by atoms with E-state index in [4.69, 9.17) is 0 Å². The number of aromatic nitrogens is 2. The number of carbonyl (C=O) groups excluding carboxylic acids is 1. The van der Waals surface area contributed by atoms with Crippen LogP contribution in [0.25, 0.3) is 10.9 Å². The number of fused-ring (bicyclic) bond motifs is 1. The predicted octanol–water partition coefficient (Wildman–Crippen LogP) is 3.63. The highest BCUT2D eigenvalue weighted by atomic mass is 32.2. The van der Waals surface area contributed by atoms with Crippen LogP contribution < -0.4 is 10.9 Å². The molecule has 158 valence electrons. The van der Waals surface area contributed by atoms with Crippen molar-refractivity contribution >= 4 is 34.3 Å². The minimum Gasteiger partial charge on any atom is -0.396 e. The number of rotatable bonds is 9. The normalized spacial score (nSPS) is 11.0. The van der Waals surface area contributed by atoms with Crippen LogP contribution in [0.3, 0.4) is 0 Å². The molecule has 3 aromatic rings. The first-order valence-corrected chi connectivity index (χ1v) is 11.2. The molecule has 0 saturated heterocycles. The van der Waals surface area contributed by atoms with Crippen LogP contribution in [0.1, 0.15) is 31.4 Å². The Kier molecular flexibility index (Phi) is 7.65. The summed E-state index contributed by atoms with van der Waals surface area (Å²) in [6, 6.07) is 13.2. The van der Waals surface area contributed by atoms with E-state index in [0.717, 1.165) is 29.7 Å². The number of nitrogens with one attached hydrogen (secondary N) is 1. The topological polar surface area (TPSA) is 84.2 Å². The monoisotopic (exact) mass is 425 g/mol. The van der Waals surface area contributed by atoms with E-state index in [1.807, 2.05) is 24.3 Å². The summed E-state index contributed by atoms with van der Waals surface area (Å²) in [5.74, 6) is 0.0113. The Morgan fingerprint density at radius 2 is 1.80 bits per heavy atom. The van der Waals surface area contributed by atoms with Gasteiger partial charge in [0, 0.05) is 18.8 Å². The third kappa shape index (κ3) is 4.91. The third-order valence-corrected chi connectivity index (χ3v) is 5.94. The van der Waals surface area contributed by atoms with E-state index < -0.39 is 0 Å². The number of hydrogen-bond acceptors (Lipinski definition) is 5. The van der Waals surface area contributed by atoms with Crippen molar-refractivity contribution in [1.29, 1.82) is 0 Å². The number of para-hydroxylation sites is 2. The van der Waals surface area contributed by atoms with Gasteiger partial charge in [-0.2, -0.15) is 0 Å². The summed E-state index contributed by atoms with van der Waals surface area (Å²) >= 11 is 1.24. The Bertz CT molecular complexity index is 1070. The van der Waals surface area contributed by atoms with Crippen LogP contribution in [-0.4, -0.2) is 32.9 Å². The van der Waals surface area contributed by atoms with Crippen molar-refractivity contribution in [3.63, 3.8) is 0 Å². The molecule has 1 aromatic heterocycles. The van der Waals surface area contributed by atoms with Crippen LogP contribution in [0.2, 0.25) is 0 Å². The number of anilines is 1. The summed E-state index contributed by atoms with van der Waals surface area (Å²) < 4.78 is 1.55. The molecule has 0 saturated carbocycles. The number of aliphatic hydroxyl groups excluding tert-OH is 1. The average molecular weight is 426 g/mol. The highest BCUT2D eigenvalue weighted by Gasteiger charge is 2.15. The first-order chi connectivity index (χ1) is 14.6. The van der Waals surface area contributed by atoms with Crippen molar-refractivity contribution in [2.75, 3.05) is 17.7 Å². The van der Waals surface area contributed by atoms with Gasteiger partial charge < -0.3 is 10.4 Å². The molecular weight excluding hydrogens is 398 g/mol. The van der Waals surface area contributed by atoms with Gasteiger partial charge in [0.2, 0.25) is 5.91 Å². The van der Waals surface area contributed by atoms with E-state index >= 15 is 0 Å². The molecule has 0 radical (unpaired) electrons. The molecule has 0 spiro atoms. The van der Waals surface area contributed by atoms with Crippen LogP contribution in [0, 0.1) is 0 Å².